The number of amides is 1. The average molecular weight is 414 g/mol. The molecule has 28 heavy (non-hydrogen) atoms. The summed E-state index contributed by atoms with van der Waals surface area (Å²) < 4.78 is 35.9. The molecule has 10 heteroatoms. The first-order chi connectivity index (χ1) is 13.2. The van der Waals surface area contributed by atoms with E-state index in [0.717, 1.165) is 18.9 Å². The number of piperidine rings is 1. The quantitative estimate of drug-likeness (QED) is 0.489. The second kappa shape index (κ2) is 9.35. The van der Waals surface area contributed by atoms with Crippen molar-refractivity contribution < 1.29 is 32.3 Å². The van der Waals surface area contributed by atoms with Gasteiger partial charge in [-0.1, -0.05) is 11.4 Å². The lowest BCUT2D eigenvalue weighted by Crippen LogP contribution is -2.40. The van der Waals surface area contributed by atoms with Crippen molar-refractivity contribution in [3.63, 3.8) is 0 Å². The standard InChI is InChI=1S/C18H26N2O7S/c1-13-7-9-20(10-8-13)17(21)12-27-18(22)14-5-6-15(25-3)16(11-14)28(23,24)19(2)26-4/h5-6,11,13H,7-10,12H2,1-4H3. The SMILES string of the molecule is COc1ccc(C(=O)OCC(=O)N2CCC(C)CC2)cc1S(=O)(=O)N(C)OC. The van der Waals surface area contributed by atoms with Crippen molar-refractivity contribution in [2.24, 2.45) is 5.92 Å². The lowest BCUT2D eigenvalue weighted by molar-refractivity contribution is -0.135. The Morgan fingerprint density at radius 2 is 1.86 bits per heavy atom. The molecule has 1 amide bonds. The predicted molar refractivity (Wildman–Crippen MR) is 100 cm³/mol. The van der Waals surface area contributed by atoms with E-state index in [1.807, 2.05) is 0 Å². The largest absolute Gasteiger partial charge is 0.495 e. The van der Waals surface area contributed by atoms with E-state index in [1.54, 1.807) is 4.90 Å². The molecule has 1 aromatic rings. The molecule has 0 radical (unpaired) electrons. The number of hydrogen-bond donors (Lipinski definition) is 0. The topological polar surface area (TPSA) is 102 Å². The Bertz CT molecular complexity index is 817. The Hall–Kier alpha value is -2.17. The highest BCUT2D eigenvalue weighted by Gasteiger charge is 2.27. The zero-order valence-corrected chi connectivity index (χ0v) is 17.3. The number of methoxy groups -OCH3 is 1. The van der Waals surface area contributed by atoms with Gasteiger partial charge in [-0.05, 0) is 37.0 Å². The third kappa shape index (κ3) is 5.00. The molecule has 1 aliphatic rings. The molecule has 1 aromatic carbocycles. The zero-order chi connectivity index (χ0) is 20.9. The van der Waals surface area contributed by atoms with Crippen LogP contribution in [0.3, 0.4) is 0 Å². The van der Waals surface area contributed by atoms with Gasteiger partial charge in [-0.2, -0.15) is 0 Å². The highest BCUT2D eigenvalue weighted by Crippen LogP contribution is 2.27. The summed E-state index contributed by atoms with van der Waals surface area (Å²) in [6.07, 6.45) is 1.85. The first-order valence-electron chi connectivity index (χ1n) is 8.86. The number of hydrogen-bond acceptors (Lipinski definition) is 7. The molecule has 0 bridgehead atoms. The Balaban J connectivity index is 2.11. The fourth-order valence-electron chi connectivity index (χ4n) is 2.80. The molecule has 2 rings (SSSR count). The van der Waals surface area contributed by atoms with Gasteiger partial charge in [0.2, 0.25) is 0 Å². The summed E-state index contributed by atoms with van der Waals surface area (Å²) in [5.74, 6) is -0.422. The van der Waals surface area contributed by atoms with Crippen LogP contribution >= 0.6 is 0 Å². The number of sulfonamides is 1. The van der Waals surface area contributed by atoms with Crippen molar-refractivity contribution in [3.8, 4) is 5.75 Å². The fourth-order valence-corrected chi connectivity index (χ4v) is 3.96. The van der Waals surface area contributed by atoms with E-state index in [4.69, 9.17) is 14.3 Å². The molecular formula is C18H26N2O7S. The predicted octanol–water partition coefficient (Wildman–Crippen LogP) is 1.29. The van der Waals surface area contributed by atoms with Crippen LogP contribution in [-0.2, 0) is 24.4 Å². The number of hydroxylamine groups is 1. The van der Waals surface area contributed by atoms with Gasteiger partial charge in [0.25, 0.3) is 15.9 Å². The number of esters is 1. The van der Waals surface area contributed by atoms with Gasteiger partial charge in [0.15, 0.2) is 6.61 Å². The van der Waals surface area contributed by atoms with Gasteiger partial charge < -0.3 is 14.4 Å². The van der Waals surface area contributed by atoms with Gasteiger partial charge in [-0.15, -0.1) is 0 Å². The highest BCUT2D eigenvalue weighted by molar-refractivity contribution is 7.89. The van der Waals surface area contributed by atoms with Gasteiger partial charge >= 0.3 is 5.97 Å². The number of likely N-dealkylation sites (tertiary alicyclic amines) is 1. The summed E-state index contributed by atoms with van der Waals surface area (Å²) in [6, 6.07) is 3.86. The molecule has 1 aliphatic heterocycles. The molecule has 0 atom stereocenters. The van der Waals surface area contributed by atoms with Gasteiger partial charge in [-0.25, -0.2) is 13.2 Å². The van der Waals surface area contributed by atoms with E-state index in [-0.39, 0.29) is 28.7 Å². The van der Waals surface area contributed by atoms with Gasteiger partial charge in [0, 0.05) is 20.1 Å². The molecule has 0 aliphatic carbocycles. The number of rotatable bonds is 7. The van der Waals surface area contributed by atoms with Crippen molar-refractivity contribution in [3.05, 3.63) is 23.8 Å². The maximum Gasteiger partial charge on any atom is 0.338 e. The van der Waals surface area contributed by atoms with Gasteiger partial charge in [-0.3, -0.25) is 9.63 Å². The first kappa shape index (κ1) is 22.1. The van der Waals surface area contributed by atoms with Crippen LogP contribution in [0.1, 0.15) is 30.1 Å². The molecule has 0 unspecified atom stereocenters. The fraction of sp³-hybridized carbons (Fsp3) is 0.556. The Morgan fingerprint density at radius 3 is 2.43 bits per heavy atom. The van der Waals surface area contributed by atoms with Crippen LogP contribution in [0.4, 0.5) is 0 Å². The van der Waals surface area contributed by atoms with E-state index in [2.05, 4.69) is 6.92 Å². The summed E-state index contributed by atoms with van der Waals surface area (Å²) in [4.78, 5) is 30.7. The summed E-state index contributed by atoms with van der Waals surface area (Å²) >= 11 is 0. The summed E-state index contributed by atoms with van der Waals surface area (Å²) in [5.41, 5.74) is -0.0102. The van der Waals surface area contributed by atoms with E-state index in [0.29, 0.717) is 23.5 Å². The monoisotopic (exact) mass is 414 g/mol. The normalized spacial score (nSPS) is 15.5. The third-order valence-corrected chi connectivity index (χ3v) is 6.44. The summed E-state index contributed by atoms with van der Waals surface area (Å²) in [6.45, 7) is 3.04. The Morgan fingerprint density at radius 1 is 1.21 bits per heavy atom. The van der Waals surface area contributed by atoms with Crippen LogP contribution in [0, 0.1) is 5.92 Å². The van der Waals surface area contributed by atoms with Crippen LogP contribution in [0.25, 0.3) is 0 Å². The van der Waals surface area contributed by atoms with Crippen molar-refractivity contribution in [1.29, 1.82) is 0 Å². The molecule has 0 aromatic heterocycles. The van der Waals surface area contributed by atoms with Crippen LogP contribution in [0.15, 0.2) is 23.1 Å². The molecule has 1 saturated heterocycles. The molecule has 0 saturated carbocycles. The lowest BCUT2D eigenvalue weighted by Gasteiger charge is -2.30. The number of carbonyl (C=O) groups excluding carboxylic acids is 2. The minimum absolute atomic E-state index is 0.0102. The van der Waals surface area contributed by atoms with Crippen LogP contribution in [0.2, 0.25) is 0 Å². The number of ether oxygens (including phenoxy) is 2. The van der Waals surface area contributed by atoms with Crippen molar-refractivity contribution in [1.82, 2.24) is 9.37 Å². The summed E-state index contributed by atoms with van der Waals surface area (Å²) in [7, 11) is -0.298. The summed E-state index contributed by atoms with van der Waals surface area (Å²) in [5, 5.41) is 0. The Kier molecular flexibility index (Phi) is 7.39. The molecule has 1 heterocycles. The van der Waals surface area contributed by atoms with E-state index >= 15 is 0 Å². The van der Waals surface area contributed by atoms with E-state index in [1.165, 1.54) is 33.4 Å². The maximum absolute atomic E-state index is 12.5. The number of nitrogens with zero attached hydrogens (tertiary/aromatic N) is 2. The minimum atomic E-state index is -4.04. The minimum Gasteiger partial charge on any atom is -0.495 e. The van der Waals surface area contributed by atoms with E-state index in [9.17, 15) is 18.0 Å². The zero-order valence-electron chi connectivity index (χ0n) is 16.5. The lowest BCUT2D eigenvalue weighted by atomic mass is 9.99. The van der Waals surface area contributed by atoms with Gasteiger partial charge in [0.05, 0.1) is 19.8 Å². The van der Waals surface area contributed by atoms with Gasteiger partial charge in [0.1, 0.15) is 10.6 Å². The van der Waals surface area contributed by atoms with Crippen LogP contribution in [-0.4, -0.2) is 70.6 Å². The van der Waals surface area contributed by atoms with E-state index < -0.39 is 16.0 Å². The maximum atomic E-state index is 12.5. The van der Waals surface area contributed by atoms with Crippen molar-refractivity contribution in [2.75, 3.05) is 41.0 Å². The molecule has 0 spiro atoms. The van der Waals surface area contributed by atoms with Crippen LogP contribution in [0.5, 0.6) is 5.75 Å². The second-order valence-electron chi connectivity index (χ2n) is 6.60. The van der Waals surface area contributed by atoms with Crippen LogP contribution < -0.4 is 4.74 Å². The second-order valence-corrected chi connectivity index (χ2v) is 8.51. The first-order valence-corrected chi connectivity index (χ1v) is 10.3. The average Bonchev–Trinajstić information content (AvgIpc) is 2.70. The third-order valence-electron chi connectivity index (χ3n) is 4.74. The highest BCUT2D eigenvalue weighted by atomic mass is 32.2. The van der Waals surface area contributed by atoms with Crippen molar-refractivity contribution in [2.45, 2.75) is 24.7 Å². The number of benzene rings is 1. The molecule has 156 valence electrons. The molecule has 0 N–H and O–H groups in total. The molecule has 1 fully saturated rings. The Labute approximate surface area is 165 Å². The molecule has 9 nitrogen and oxygen atoms in total. The number of carbonyl (C=O) groups is 2. The smallest absolute Gasteiger partial charge is 0.338 e. The molecular weight excluding hydrogens is 388 g/mol. The van der Waals surface area contributed by atoms with Crippen molar-refractivity contribution >= 4 is 21.9 Å².